The molecule has 2 aromatic carbocycles. The predicted molar refractivity (Wildman–Crippen MR) is 73.6 cm³/mol. The summed E-state index contributed by atoms with van der Waals surface area (Å²) in [5.41, 5.74) is 6.55. The first kappa shape index (κ1) is 14.0. The minimum atomic E-state index is -1.53. The Morgan fingerprint density at radius 2 is 1.67 bits per heavy atom. The van der Waals surface area contributed by atoms with Gasteiger partial charge in [-0.3, -0.25) is 0 Å². The van der Waals surface area contributed by atoms with Crippen molar-refractivity contribution in [2.45, 2.75) is 6.04 Å². The van der Waals surface area contributed by atoms with Gasteiger partial charge in [0, 0.05) is 10.4 Å². The molecule has 0 aliphatic carbocycles. The molecule has 2 nitrogen and oxygen atoms in total. The molecule has 1 atom stereocenters. The van der Waals surface area contributed by atoms with Gasteiger partial charge in [-0.2, -0.15) is 0 Å². The van der Waals surface area contributed by atoms with Crippen molar-refractivity contribution in [3.8, 4) is 0 Å². The molecule has 0 aliphatic heterocycles. The monoisotopic (exact) mass is 311 g/mol. The molecular formula is C15H9ClF3NO. The van der Waals surface area contributed by atoms with Crippen LogP contribution in [0.25, 0.3) is 11.0 Å². The molecule has 3 rings (SSSR count). The van der Waals surface area contributed by atoms with Gasteiger partial charge in [-0.1, -0.05) is 11.6 Å². The average molecular weight is 312 g/mol. The fraction of sp³-hybridized carbons (Fsp3) is 0.0667. The van der Waals surface area contributed by atoms with Crippen LogP contribution in [0.1, 0.15) is 17.4 Å². The first-order valence-corrected chi connectivity index (χ1v) is 6.42. The fourth-order valence-corrected chi connectivity index (χ4v) is 2.29. The number of benzene rings is 2. The number of rotatable bonds is 2. The topological polar surface area (TPSA) is 39.2 Å². The highest BCUT2D eigenvalue weighted by Crippen LogP contribution is 2.29. The van der Waals surface area contributed by atoms with E-state index in [1.54, 1.807) is 24.3 Å². The largest absolute Gasteiger partial charge is 0.459 e. The summed E-state index contributed by atoms with van der Waals surface area (Å²) in [7, 11) is 0. The predicted octanol–water partition coefficient (Wildman–Crippen LogP) is 4.55. The Morgan fingerprint density at radius 3 is 2.33 bits per heavy atom. The van der Waals surface area contributed by atoms with E-state index in [2.05, 4.69) is 0 Å². The smallest absolute Gasteiger partial charge is 0.194 e. The second-order valence-electron chi connectivity index (χ2n) is 4.61. The van der Waals surface area contributed by atoms with Crippen molar-refractivity contribution in [1.29, 1.82) is 0 Å². The number of nitrogens with two attached hydrogens (primary N) is 1. The average Bonchev–Trinajstić information content (AvgIpc) is 2.86. The molecule has 0 saturated heterocycles. The Balaban J connectivity index is 2.05. The van der Waals surface area contributed by atoms with Crippen LogP contribution >= 0.6 is 11.6 Å². The summed E-state index contributed by atoms with van der Waals surface area (Å²) in [5, 5.41) is 1.25. The number of furan rings is 1. The molecule has 0 bridgehead atoms. The third kappa shape index (κ3) is 2.50. The zero-order chi connectivity index (χ0) is 15.1. The molecule has 3 aromatic rings. The van der Waals surface area contributed by atoms with Gasteiger partial charge >= 0.3 is 0 Å². The van der Waals surface area contributed by atoms with Crippen LogP contribution in [-0.4, -0.2) is 0 Å². The molecule has 1 heterocycles. The van der Waals surface area contributed by atoms with Gasteiger partial charge in [0.05, 0.1) is 6.04 Å². The molecule has 0 amide bonds. The summed E-state index contributed by atoms with van der Waals surface area (Å²) in [6.07, 6.45) is 0. The summed E-state index contributed by atoms with van der Waals surface area (Å²) in [6.45, 7) is 0. The number of hydrogen-bond donors (Lipinski definition) is 1. The minimum Gasteiger partial charge on any atom is -0.459 e. The molecule has 1 unspecified atom stereocenters. The van der Waals surface area contributed by atoms with Crippen molar-refractivity contribution < 1.29 is 17.6 Å². The Hall–Kier alpha value is -1.98. The van der Waals surface area contributed by atoms with Crippen LogP contribution in [0.4, 0.5) is 13.2 Å². The van der Waals surface area contributed by atoms with Crippen molar-refractivity contribution in [3.63, 3.8) is 0 Å². The lowest BCUT2D eigenvalue weighted by Gasteiger charge is -2.09. The summed E-state index contributed by atoms with van der Waals surface area (Å²) in [5.74, 6) is -3.81. The molecular weight excluding hydrogens is 303 g/mol. The maximum absolute atomic E-state index is 13.3. The van der Waals surface area contributed by atoms with E-state index in [9.17, 15) is 13.2 Å². The zero-order valence-corrected chi connectivity index (χ0v) is 11.3. The Bertz CT molecular complexity index is 808. The first-order chi connectivity index (χ1) is 9.95. The van der Waals surface area contributed by atoms with Gasteiger partial charge in [0.2, 0.25) is 0 Å². The van der Waals surface area contributed by atoms with Crippen LogP contribution in [0.15, 0.2) is 40.8 Å². The van der Waals surface area contributed by atoms with Crippen LogP contribution in [0.5, 0.6) is 0 Å². The molecule has 0 aliphatic rings. The lowest BCUT2D eigenvalue weighted by molar-refractivity contribution is 0.442. The van der Waals surface area contributed by atoms with E-state index in [0.29, 0.717) is 16.4 Å². The van der Waals surface area contributed by atoms with Gasteiger partial charge in [0.15, 0.2) is 17.5 Å². The third-order valence-electron chi connectivity index (χ3n) is 3.17. The summed E-state index contributed by atoms with van der Waals surface area (Å²) in [4.78, 5) is 0. The molecule has 0 fully saturated rings. The molecule has 0 radical (unpaired) electrons. The summed E-state index contributed by atoms with van der Waals surface area (Å²) >= 11 is 5.87. The van der Waals surface area contributed by atoms with Gasteiger partial charge in [-0.05, 0) is 42.0 Å². The van der Waals surface area contributed by atoms with Crippen LogP contribution in [0, 0.1) is 17.5 Å². The Morgan fingerprint density at radius 1 is 1.00 bits per heavy atom. The molecule has 1 aromatic heterocycles. The van der Waals surface area contributed by atoms with E-state index in [-0.39, 0.29) is 5.56 Å². The number of halogens is 4. The lowest BCUT2D eigenvalue weighted by atomic mass is 10.0. The Kier molecular flexibility index (Phi) is 3.39. The summed E-state index contributed by atoms with van der Waals surface area (Å²) in [6, 6.07) is 7.42. The third-order valence-corrected chi connectivity index (χ3v) is 3.40. The first-order valence-electron chi connectivity index (χ1n) is 6.04. The molecule has 0 spiro atoms. The summed E-state index contributed by atoms with van der Waals surface area (Å²) < 4.78 is 45.0. The highest BCUT2D eigenvalue weighted by molar-refractivity contribution is 6.31. The van der Waals surface area contributed by atoms with Gasteiger partial charge in [0.25, 0.3) is 0 Å². The van der Waals surface area contributed by atoms with Crippen LogP contribution in [-0.2, 0) is 0 Å². The second-order valence-corrected chi connectivity index (χ2v) is 5.04. The van der Waals surface area contributed by atoms with E-state index >= 15 is 0 Å². The van der Waals surface area contributed by atoms with E-state index < -0.39 is 23.5 Å². The van der Waals surface area contributed by atoms with E-state index in [0.717, 1.165) is 17.5 Å². The Labute approximate surface area is 122 Å². The van der Waals surface area contributed by atoms with Gasteiger partial charge in [-0.15, -0.1) is 0 Å². The maximum atomic E-state index is 13.3. The molecule has 2 N–H and O–H groups in total. The molecule has 21 heavy (non-hydrogen) atoms. The molecule has 0 saturated carbocycles. The maximum Gasteiger partial charge on any atom is 0.194 e. The fourth-order valence-electron chi connectivity index (χ4n) is 2.11. The van der Waals surface area contributed by atoms with E-state index in [1.807, 2.05) is 0 Å². The number of hydrogen-bond acceptors (Lipinski definition) is 2. The minimum absolute atomic E-state index is 0.0801. The van der Waals surface area contributed by atoms with Crippen molar-refractivity contribution in [2.75, 3.05) is 0 Å². The second kappa shape index (κ2) is 5.09. The van der Waals surface area contributed by atoms with Gasteiger partial charge in [0.1, 0.15) is 11.3 Å². The van der Waals surface area contributed by atoms with Crippen LogP contribution in [0.2, 0.25) is 5.02 Å². The highest BCUT2D eigenvalue weighted by atomic mass is 35.5. The molecule has 6 heteroatoms. The van der Waals surface area contributed by atoms with Crippen molar-refractivity contribution in [1.82, 2.24) is 0 Å². The standard InChI is InChI=1S/C15H9ClF3NO/c16-9-1-2-12-7(3-9)6-13(21-12)15(20)8-4-10(17)14(19)11(18)5-8/h1-6,15H,20H2. The zero-order valence-electron chi connectivity index (χ0n) is 10.5. The lowest BCUT2D eigenvalue weighted by Crippen LogP contribution is -2.12. The van der Waals surface area contributed by atoms with Gasteiger partial charge in [-0.25, -0.2) is 13.2 Å². The van der Waals surface area contributed by atoms with Gasteiger partial charge < -0.3 is 10.2 Å². The van der Waals surface area contributed by atoms with Crippen LogP contribution in [0.3, 0.4) is 0 Å². The van der Waals surface area contributed by atoms with Crippen molar-refractivity contribution >= 4 is 22.6 Å². The number of fused-ring (bicyclic) bond motifs is 1. The van der Waals surface area contributed by atoms with Crippen molar-refractivity contribution in [2.24, 2.45) is 5.73 Å². The van der Waals surface area contributed by atoms with E-state index in [4.69, 9.17) is 21.8 Å². The van der Waals surface area contributed by atoms with E-state index in [1.165, 1.54) is 0 Å². The van der Waals surface area contributed by atoms with Crippen molar-refractivity contribution in [3.05, 3.63) is 70.2 Å². The quantitative estimate of drug-likeness (QED) is 0.705. The van der Waals surface area contributed by atoms with Crippen LogP contribution < -0.4 is 5.73 Å². The highest BCUT2D eigenvalue weighted by Gasteiger charge is 2.19. The normalized spacial score (nSPS) is 12.8. The molecule has 108 valence electrons. The SMILES string of the molecule is NC(c1cc(F)c(F)c(F)c1)c1cc2cc(Cl)ccc2o1.